The van der Waals surface area contributed by atoms with Crippen LogP contribution in [0.1, 0.15) is 97.1 Å². The number of hydrogen-bond donors (Lipinski definition) is 0. The standard InChI is InChI=1S/C63H55BF2N2O6/c1-5-72-55(69)33-31-53-45-17-11-22-51(45)62-61(63-52-23-12-18-46(52)54(32-34-56(70)73-6-2)68(63)64(65,66)67(53)62)58-37(3)35-42(36-38(58)4)39-25-28-43(29-26-39)74-57(71)24-9-13-40-27-30-50-48-20-8-15-41-14-7-19-47(59(41)48)49-21-10-16-44(40)60(49)50/h7-8,10,14-16,19-21,25-36H,5-6,9,11-13,17-18,22-24H2,1-4H3/b33-31+,34-32+. The van der Waals surface area contributed by atoms with E-state index in [1.165, 1.54) is 81.9 Å². The maximum absolute atomic E-state index is 18.0. The number of benzene rings is 7. The first-order valence-electron chi connectivity index (χ1n) is 26.1. The first kappa shape index (κ1) is 47.1. The summed E-state index contributed by atoms with van der Waals surface area (Å²) in [5.74, 6) is -1.03. The van der Waals surface area contributed by atoms with Crippen molar-refractivity contribution < 1.29 is 41.7 Å². The zero-order valence-corrected chi connectivity index (χ0v) is 42.1. The highest BCUT2D eigenvalue weighted by Crippen LogP contribution is 2.53. The summed E-state index contributed by atoms with van der Waals surface area (Å²) >= 11 is 0. The molecule has 2 aliphatic heterocycles. The summed E-state index contributed by atoms with van der Waals surface area (Å²) in [6.07, 6.45) is 11.2. The number of halogens is 2. The zero-order valence-electron chi connectivity index (χ0n) is 42.1. The van der Waals surface area contributed by atoms with Crippen LogP contribution in [0.4, 0.5) is 8.63 Å². The second-order valence-electron chi connectivity index (χ2n) is 20.0. The van der Waals surface area contributed by atoms with Gasteiger partial charge in [-0.2, -0.15) is 0 Å². The van der Waals surface area contributed by atoms with Crippen LogP contribution < -0.4 is 4.74 Å². The molecule has 4 aliphatic rings. The number of carbonyl (C=O) groups excluding carboxylic acids is 3. The van der Waals surface area contributed by atoms with Crippen molar-refractivity contribution in [1.29, 1.82) is 0 Å². The number of aromatic nitrogens is 1. The van der Waals surface area contributed by atoms with Crippen LogP contribution in [0.15, 0.2) is 138 Å². The van der Waals surface area contributed by atoms with Crippen molar-refractivity contribution in [2.45, 2.75) is 85.5 Å². The van der Waals surface area contributed by atoms with Crippen molar-refractivity contribution in [2.24, 2.45) is 0 Å². The molecule has 0 saturated heterocycles. The second-order valence-corrected chi connectivity index (χ2v) is 20.0. The first-order valence-corrected chi connectivity index (χ1v) is 26.1. The van der Waals surface area contributed by atoms with E-state index in [2.05, 4.69) is 78.9 Å². The van der Waals surface area contributed by atoms with Gasteiger partial charge in [0.25, 0.3) is 0 Å². The summed E-state index contributed by atoms with van der Waals surface area (Å²) in [5.41, 5.74) is 11.4. The Kier molecular flexibility index (Phi) is 11.8. The molecule has 3 heterocycles. The van der Waals surface area contributed by atoms with E-state index < -0.39 is 18.9 Å². The van der Waals surface area contributed by atoms with E-state index >= 15 is 8.63 Å². The summed E-state index contributed by atoms with van der Waals surface area (Å²) in [4.78, 5) is 38.7. The average molecular weight is 985 g/mol. The molecule has 0 atom stereocenters. The highest BCUT2D eigenvalue weighted by atomic mass is 19.2. The molecular weight excluding hydrogens is 930 g/mol. The Bertz CT molecular complexity index is 3800. The van der Waals surface area contributed by atoms with Crippen molar-refractivity contribution in [1.82, 2.24) is 4.48 Å². The van der Waals surface area contributed by atoms with Gasteiger partial charge in [-0.1, -0.05) is 91.0 Å². The highest BCUT2D eigenvalue weighted by molar-refractivity contribution is 6.59. The molecule has 74 heavy (non-hydrogen) atoms. The number of hydrogen-bond acceptors (Lipinski definition) is 6. The summed E-state index contributed by atoms with van der Waals surface area (Å²) < 4.78 is 54.6. The predicted octanol–water partition coefficient (Wildman–Crippen LogP) is 13.9. The van der Waals surface area contributed by atoms with E-state index in [9.17, 15) is 14.4 Å². The van der Waals surface area contributed by atoms with Gasteiger partial charge in [-0.05, 0) is 185 Å². The Labute approximate surface area is 428 Å². The Morgan fingerprint density at radius 2 is 1.28 bits per heavy atom. The average Bonchev–Trinajstić information content (AvgIpc) is 4.29. The lowest BCUT2D eigenvalue weighted by Crippen LogP contribution is -2.52. The lowest BCUT2D eigenvalue weighted by molar-refractivity contribution is -0.362. The van der Waals surface area contributed by atoms with Gasteiger partial charge < -0.3 is 31.8 Å². The molecule has 11 heteroatoms. The Hall–Kier alpha value is -7.92. The monoisotopic (exact) mass is 984 g/mol. The number of nitrogens with zero attached hydrogens (tertiary/aromatic N) is 2. The molecule has 8 aromatic rings. The van der Waals surface area contributed by atoms with Gasteiger partial charge in [0.05, 0.1) is 18.8 Å². The third-order valence-electron chi connectivity index (χ3n) is 15.7. The Balaban J connectivity index is 0.843. The van der Waals surface area contributed by atoms with Crippen LogP contribution in [0.25, 0.3) is 65.9 Å². The molecule has 0 bridgehead atoms. The lowest BCUT2D eigenvalue weighted by Gasteiger charge is -2.35. The van der Waals surface area contributed by atoms with Crippen molar-refractivity contribution in [3.63, 3.8) is 0 Å². The van der Waals surface area contributed by atoms with Gasteiger partial charge in [-0.15, -0.1) is 0 Å². The van der Waals surface area contributed by atoms with Crippen LogP contribution >= 0.6 is 0 Å². The molecule has 7 aromatic carbocycles. The zero-order chi connectivity index (χ0) is 51.0. The van der Waals surface area contributed by atoms with Crippen molar-refractivity contribution in [2.75, 3.05) is 13.2 Å². The van der Waals surface area contributed by atoms with Crippen LogP contribution in [0.5, 0.6) is 5.75 Å². The van der Waals surface area contributed by atoms with Crippen LogP contribution in [0, 0.1) is 13.8 Å². The summed E-state index contributed by atoms with van der Waals surface area (Å²) in [5, 5.41) is 10.0. The van der Waals surface area contributed by atoms with Gasteiger partial charge in [0.15, 0.2) is 11.4 Å². The third kappa shape index (κ3) is 7.61. The lowest BCUT2D eigenvalue weighted by atomic mass is 9.80. The molecule has 12 rings (SSSR count). The fourth-order valence-corrected chi connectivity index (χ4v) is 12.9. The van der Waals surface area contributed by atoms with Crippen molar-refractivity contribution >= 4 is 85.3 Å². The highest BCUT2D eigenvalue weighted by Gasteiger charge is 2.59. The smallest absolute Gasteiger partial charge is 0.463 e. The molecule has 2 aliphatic carbocycles. The second kappa shape index (κ2) is 18.5. The quantitative estimate of drug-likeness (QED) is 0.0286. The number of aryl methyl sites for hydroxylation is 3. The Morgan fingerprint density at radius 1 is 0.676 bits per heavy atom. The fourth-order valence-electron chi connectivity index (χ4n) is 12.9. The molecule has 0 amide bonds. The van der Waals surface area contributed by atoms with E-state index in [1.807, 2.05) is 38.1 Å². The van der Waals surface area contributed by atoms with Gasteiger partial charge in [-0.3, -0.25) is 4.79 Å². The van der Waals surface area contributed by atoms with Gasteiger partial charge >= 0.3 is 24.9 Å². The maximum Gasteiger partial charge on any atom is 0.737 e. The minimum atomic E-state index is -4.53. The largest absolute Gasteiger partial charge is 0.737 e. The fraction of sp³-hybridized carbons (Fsp3) is 0.238. The molecule has 0 spiro atoms. The van der Waals surface area contributed by atoms with Crippen molar-refractivity contribution in [3.05, 3.63) is 183 Å². The first-order chi connectivity index (χ1) is 36.0. The molecule has 0 fully saturated rings. The summed E-state index contributed by atoms with van der Waals surface area (Å²) in [6, 6.07) is 35.8. The minimum Gasteiger partial charge on any atom is -0.463 e. The normalized spacial score (nSPS) is 15.9. The number of rotatable bonds is 13. The van der Waals surface area contributed by atoms with E-state index in [4.69, 9.17) is 14.2 Å². The number of ether oxygens (including phenoxy) is 3. The summed E-state index contributed by atoms with van der Waals surface area (Å²) in [6.45, 7) is 3.27. The SMILES string of the molecule is CCOC(=O)/C=C/C1=[N+]2C(=C(c3c(C)cc(-c4ccc(OC(=O)CCCc5ccc6c7cccc8cccc(c9cccc5c96)c87)cc4)cc3C)c3c4c(c(/C=C/C(=O)OCC)n3[B-]2(F)F)CCC4)C2=C1CCC2. The molecule has 0 saturated carbocycles. The van der Waals surface area contributed by atoms with Gasteiger partial charge in [0.1, 0.15) is 5.75 Å². The molecule has 0 unspecified atom stereocenters. The number of esters is 3. The van der Waals surface area contributed by atoms with Gasteiger partial charge in [-0.25, -0.2) is 9.59 Å². The predicted molar refractivity (Wildman–Crippen MR) is 291 cm³/mol. The number of allylic oxidation sites excluding steroid dienone is 3. The number of fused-ring (bicyclic) bond motifs is 7. The van der Waals surface area contributed by atoms with Crippen LogP contribution in [0.2, 0.25) is 0 Å². The third-order valence-corrected chi connectivity index (χ3v) is 15.7. The summed E-state index contributed by atoms with van der Waals surface area (Å²) in [7, 11) is 0. The maximum atomic E-state index is 18.0. The molecular formula is C63H55BF2N2O6. The van der Waals surface area contributed by atoms with Gasteiger partial charge in [0, 0.05) is 47.2 Å². The van der Waals surface area contributed by atoms with Crippen LogP contribution in [-0.4, -0.2) is 52.8 Å². The Morgan fingerprint density at radius 3 is 1.99 bits per heavy atom. The number of carbonyl (C=O) groups is 3. The molecule has 370 valence electrons. The minimum absolute atomic E-state index is 0.163. The van der Waals surface area contributed by atoms with Crippen molar-refractivity contribution in [3.8, 4) is 16.9 Å². The molecule has 8 nitrogen and oxygen atoms in total. The van der Waals surface area contributed by atoms with E-state index in [0.29, 0.717) is 60.7 Å². The van der Waals surface area contributed by atoms with E-state index in [0.717, 1.165) is 74.9 Å². The molecule has 1 aromatic heterocycles. The molecule has 0 N–H and O–H groups in total. The topological polar surface area (TPSA) is 86.8 Å². The van der Waals surface area contributed by atoms with E-state index in [1.54, 1.807) is 13.8 Å². The molecule has 0 radical (unpaired) electrons. The van der Waals surface area contributed by atoms with Crippen LogP contribution in [0.3, 0.4) is 0 Å². The van der Waals surface area contributed by atoms with Gasteiger partial charge in [0.2, 0.25) is 0 Å². The van der Waals surface area contributed by atoms with E-state index in [-0.39, 0.29) is 25.6 Å². The van der Waals surface area contributed by atoms with Crippen LogP contribution in [-0.2, 0) is 43.1 Å².